The number of nitrogens with one attached hydrogen (secondary N) is 2. The minimum atomic E-state index is -2.18. The number of carbonyl (C=O) groups is 5. The molecule has 0 saturated heterocycles. The van der Waals surface area contributed by atoms with Gasteiger partial charge in [0.2, 0.25) is 11.8 Å². The predicted octanol–water partition coefficient (Wildman–Crippen LogP) is 3.76. The molecule has 3 unspecified atom stereocenters. The molecule has 8 atom stereocenters. The molecule has 2 saturated carbocycles. The van der Waals surface area contributed by atoms with Crippen LogP contribution in [0.25, 0.3) is 0 Å². The van der Waals surface area contributed by atoms with Crippen LogP contribution in [0.3, 0.4) is 0 Å². The first-order valence-corrected chi connectivity index (χ1v) is 18.7. The molecular formula is C40H57N5O6. The lowest BCUT2D eigenvalue weighted by Crippen LogP contribution is -2.69. The van der Waals surface area contributed by atoms with Gasteiger partial charge in [-0.15, -0.1) is 0 Å². The van der Waals surface area contributed by atoms with E-state index in [9.17, 15) is 29.1 Å². The molecule has 2 aliphatic rings. The lowest BCUT2D eigenvalue weighted by atomic mass is 9.55. The topological polar surface area (TPSA) is 195 Å². The molecule has 1 heterocycles. The summed E-state index contributed by atoms with van der Waals surface area (Å²) in [4.78, 5) is 75.7. The fourth-order valence-electron chi connectivity index (χ4n) is 8.02. The van der Waals surface area contributed by atoms with Crippen LogP contribution in [0.15, 0.2) is 54.7 Å². The molecule has 2 fully saturated rings. The van der Waals surface area contributed by atoms with Gasteiger partial charge < -0.3 is 27.2 Å². The number of Topliss-reactive ketones (excluding diaryl/α,β-unsaturated/α-hetero) is 3. The fraction of sp³-hybridized carbons (Fsp3) is 0.600. The second-order valence-electron chi connectivity index (χ2n) is 15.0. The Morgan fingerprint density at radius 1 is 0.980 bits per heavy atom. The number of benzene rings is 1. The first-order valence-electron chi connectivity index (χ1n) is 18.7. The zero-order valence-electron chi connectivity index (χ0n) is 30.6. The Hall–Kier alpha value is -3.80. The number of carbonyl (C=O) groups excluding carboxylic acids is 5. The van der Waals surface area contributed by atoms with Crippen LogP contribution >= 0.6 is 0 Å². The van der Waals surface area contributed by atoms with Crippen molar-refractivity contribution in [1.29, 1.82) is 0 Å². The van der Waals surface area contributed by atoms with Gasteiger partial charge in [-0.25, -0.2) is 0 Å². The number of rotatable bonds is 16. The summed E-state index contributed by atoms with van der Waals surface area (Å²) in [5.74, 6) is -5.30. The number of ketones is 3. The Morgan fingerprint density at radius 2 is 1.65 bits per heavy atom. The maximum absolute atomic E-state index is 15.0. The number of hydrogen-bond donors (Lipinski definition) is 5. The van der Waals surface area contributed by atoms with Crippen molar-refractivity contribution < 1.29 is 29.1 Å². The van der Waals surface area contributed by atoms with E-state index < -0.39 is 83.1 Å². The molecule has 2 amide bonds. The van der Waals surface area contributed by atoms with Crippen LogP contribution in [0.2, 0.25) is 0 Å². The highest BCUT2D eigenvalue weighted by Crippen LogP contribution is 2.46. The Kier molecular flexibility index (Phi) is 14.2. The van der Waals surface area contributed by atoms with E-state index in [0.717, 1.165) is 32.1 Å². The van der Waals surface area contributed by atoms with Crippen LogP contribution in [0, 0.1) is 29.1 Å². The zero-order chi connectivity index (χ0) is 37.3. The van der Waals surface area contributed by atoms with Crippen molar-refractivity contribution in [2.24, 2.45) is 40.6 Å². The van der Waals surface area contributed by atoms with Crippen molar-refractivity contribution in [1.82, 2.24) is 15.6 Å². The van der Waals surface area contributed by atoms with Crippen LogP contribution in [-0.4, -0.2) is 63.5 Å². The van der Waals surface area contributed by atoms with Crippen molar-refractivity contribution in [3.05, 3.63) is 66.0 Å². The second kappa shape index (κ2) is 18.1. The molecule has 1 aromatic heterocycles. The van der Waals surface area contributed by atoms with E-state index >= 15 is 0 Å². The molecule has 1 aromatic carbocycles. The molecule has 11 heteroatoms. The smallest absolute Gasteiger partial charge is 0.235 e. The molecule has 0 radical (unpaired) electrons. The highest BCUT2D eigenvalue weighted by atomic mass is 16.3. The molecule has 0 aliphatic heterocycles. The average molecular weight is 704 g/mol. The number of pyridine rings is 1. The second-order valence-corrected chi connectivity index (χ2v) is 15.0. The molecule has 7 N–H and O–H groups in total. The van der Waals surface area contributed by atoms with Crippen LogP contribution in [0.4, 0.5) is 0 Å². The fourth-order valence-corrected chi connectivity index (χ4v) is 8.02. The lowest BCUT2D eigenvalue weighted by Gasteiger charge is -2.48. The van der Waals surface area contributed by atoms with E-state index in [4.69, 9.17) is 11.5 Å². The van der Waals surface area contributed by atoms with Crippen molar-refractivity contribution in [2.75, 3.05) is 0 Å². The standard InChI is InChI=1S/C40H57N5O6/c1-5-25(4)34(42)37(49)35(29-18-12-13-21-43-29)45-39(51)40(24(2)3)33(36(48)28(41)20-19-26-14-8-6-9-15-26)31(46)23-30(38(40)50)44-32(47)22-27-16-10-7-11-17-27/h7,10-13,16-18,21,24-26,28,30,33-36,48H,5-6,8-9,14-15,19-20,22-23,41-42H2,1-4H3,(H,44,47)(H,45,51)/t25-,28-,30-,33?,34-,35?,36+,40?/m0/s1. The number of hydrogen-bond acceptors (Lipinski definition) is 9. The van der Waals surface area contributed by atoms with Gasteiger partial charge in [-0.05, 0) is 48.3 Å². The van der Waals surface area contributed by atoms with Gasteiger partial charge in [0.05, 0.1) is 36.2 Å². The molecular weight excluding hydrogens is 646 g/mol. The summed E-state index contributed by atoms with van der Waals surface area (Å²) in [6, 6.07) is 9.37. The van der Waals surface area contributed by atoms with Gasteiger partial charge >= 0.3 is 0 Å². The van der Waals surface area contributed by atoms with Gasteiger partial charge in [-0.2, -0.15) is 0 Å². The van der Waals surface area contributed by atoms with Gasteiger partial charge in [-0.1, -0.05) is 103 Å². The van der Waals surface area contributed by atoms with Crippen molar-refractivity contribution >= 4 is 29.2 Å². The lowest BCUT2D eigenvalue weighted by molar-refractivity contribution is -0.169. The van der Waals surface area contributed by atoms with Crippen LogP contribution in [0.5, 0.6) is 0 Å². The normalized spacial score (nSPS) is 24.3. The quantitative estimate of drug-likeness (QED) is 0.162. The molecule has 11 nitrogen and oxygen atoms in total. The third-order valence-corrected chi connectivity index (χ3v) is 11.3. The van der Waals surface area contributed by atoms with Gasteiger partial charge in [0.1, 0.15) is 17.2 Å². The van der Waals surface area contributed by atoms with Crippen LogP contribution < -0.4 is 22.1 Å². The summed E-state index contributed by atoms with van der Waals surface area (Å²) in [6.07, 6.45) is 6.92. The van der Waals surface area contributed by atoms with Crippen molar-refractivity contribution in [3.8, 4) is 0 Å². The summed E-state index contributed by atoms with van der Waals surface area (Å²) < 4.78 is 0. The highest BCUT2D eigenvalue weighted by Gasteiger charge is 2.64. The first kappa shape index (κ1) is 40.0. The zero-order valence-corrected chi connectivity index (χ0v) is 30.6. The van der Waals surface area contributed by atoms with Gasteiger partial charge in [0.25, 0.3) is 0 Å². The number of aliphatic hydroxyl groups excluding tert-OH is 1. The van der Waals surface area contributed by atoms with Gasteiger partial charge in [-0.3, -0.25) is 29.0 Å². The summed E-state index contributed by atoms with van der Waals surface area (Å²) in [5, 5.41) is 17.4. The van der Waals surface area contributed by atoms with Crippen LogP contribution in [0.1, 0.15) is 103 Å². The minimum Gasteiger partial charge on any atom is -0.391 e. The van der Waals surface area contributed by atoms with Gasteiger partial charge in [0, 0.05) is 18.7 Å². The van der Waals surface area contributed by atoms with E-state index in [1.807, 2.05) is 19.9 Å². The summed E-state index contributed by atoms with van der Waals surface area (Å²) >= 11 is 0. The monoisotopic (exact) mass is 703 g/mol. The number of nitrogens with zero attached hydrogens (tertiary/aromatic N) is 1. The third-order valence-electron chi connectivity index (χ3n) is 11.3. The highest BCUT2D eigenvalue weighted by molar-refractivity contribution is 6.17. The molecule has 51 heavy (non-hydrogen) atoms. The Labute approximate surface area is 302 Å². The predicted molar refractivity (Wildman–Crippen MR) is 195 cm³/mol. The van der Waals surface area contributed by atoms with E-state index in [1.54, 1.807) is 56.3 Å². The number of nitrogens with two attached hydrogens (primary N) is 2. The Balaban J connectivity index is 1.74. The van der Waals surface area contributed by atoms with E-state index in [1.165, 1.54) is 12.6 Å². The minimum absolute atomic E-state index is 0.0401. The molecule has 0 spiro atoms. The average Bonchev–Trinajstić information content (AvgIpc) is 3.13. The number of amides is 2. The van der Waals surface area contributed by atoms with Crippen LogP contribution in [-0.2, 0) is 30.4 Å². The van der Waals surface area contributed by atoms with Crippen molar-refractivity contribution in [2.45, 2.75) is 122 Å². The Morgan fingerprint density at radius 3 is 2.25 bits per heavy atom. The third kappa shape index (κ3) is 9.17. The van der Waals surface area contributed by atoms with Crippen molar-refractivity contribution in [3.63, 3.8) is 0 Å². The van der Waals surface area contributed by atoms with Gasteiger partial charge in [0.15, 0.2) is 11.6 Å². The summed E-state index contributed by atoms with van der Waals surface area (Å²) in [5.41, 5.74) is 11.8. The largest absolute Gasteiger partial charge is 0.391 e. The van der Waals surface area contributed by atoms with E-state index in [2.05, 4.69) is 15.6 Å². The van der Waals surface area contributed by atoms with E-state index in [-0.39, 0.29) is 18.0 Å². The molecule has 2 aliphatic carbocycles. The molecule has 4 rings (SSSR count). The van der Waals surface area contributed by atoms with E-state index in [0.29, 0.717) is 24.3 Å². The SMILES string of the molecule is CC[C@H](C)[C@H](N)C(=O)C(NC(=O)C1(C(C)C)C(=O)[C@@H](NC(=O)Cc2ccccc2)CC(=O)C1[C@H](O)[C@@H](N)CCC1CCCCC1)c1ccccn1. The first-order chi connectivity index (χ1) is 24.3. The summed E-state index contributed by atoms with van der Waals surface area (Å²) in [6.45, 7) is 7.01. The molecule has 278 valence electrons. The molecule has 2 aromatic rings. The number of aliphatic hydroxyl groups is 1. The summed E-state index contributed by atoms with van der Waals surface area (Å²) in [7, 11) is 0. The molecule has 0 bridgehead atoms. The number of aromatic nitrogens is 1. The Bertz CT molecular complexity index is 1500. The maximum atomic E-state index is 15.0. The maximum Gasteiger partial charge on any atom is 0.235 e.